The van der Waals surface area contributed by atoms with Crippen molar-refractivity contribution in [3.05, 3.63) is 34.3 Å². The third-order valence-electron chi connectivity index (χ3n) is 4.13. The molecule has 2 rings (SSSR count). The van der Waals surface area contributed by atoms with E-state index >= 15 is 0 Å². The lowest BCUT2D eigenvalue weighted by Crippen LogP contribution is -2.34. The molecule has 1 aromatic carbocycles. The highest BCUT2D eigenvalue weighted by Gasteiger charge is 2.39. The topological polar surface area (TPSA) is 40.9 Å². The number of nitriles is 1. The van der Waals surface area contributed by atoms with Crippen molar-refractivity contribution < 1.29 is 4.79 Å². The van der Waals surface area contributed by atoms with E-state index in [-0.39, 0.29) is 11.2 Å². The highest BCUT2D eigenvalue weighted by molar-refractivity contribution is 9.10. The van der Waals surface area contributed by atoms with E-state index in [0.717, 1.165) is 35.7 Å². The fourth-order valence-electron chi connectivity index (χ4n) is 2.90. The monoisotopic (exact) mass is 319 g/mol. The van der Waals surface area contributed by atoms with E-state index in [4.69, 9.17) is 0 Å². The van der Waals surface area contributed by atoms with Crippen LogP contribution in [-0.4, -0.2) is 5.78 Å². The van der Waals surface area contributed by atoms with Gasteiger partial charge in [-0.25, -0.2) is 0 Å². The molecule has 1 atom stereocenters. The molecule has 0 amide bonds. The van der Waals surface area contributed by atoms with Gasteiger partial charge < -0.3 is 0 Å². The fraction of sp³-hybridized carbons (Fsp3) is 0.500. The largest absolute Gasteiger partial charge is 0.297 e. The quantitative estimate of drug-likeness (QED) is 0.817. The van der Waals surface area contributed by atoms with E-state index in [9.17, 15) is 10.1 Å². The van der Waals surface area contributed by atoms with Crippen molar-refractivity contribution in [3.8, 4) is 6.07 Å². The van der Waals surface area contributed by atoms with Gasteiger partial charge in [-0.15, -0.1) is 0 Å². The number of Topliss-reactive ketones (excluding diaryl/α,β-unsaturated/α-hetero) is 1. The average Bonchev–Trinajstić information content (AvgIpc) is 2.40. The van der Waals surface area contributed by atoms with Gasteiger partial charge in [0.1, 0.15) is 5.92 Å². The van der Waals surface area contributed by atoms with Crippen LogP contribution in [0.15, 0.2) is 28.7 Å². The molecule has 0 saturated heterocycles. The zero-order valence-electron chi connectivity index (χ0n) is 11.2. The van der Waals surface area contributed by atoms with Crippen LogP contribution in [0.25, 0.3) is 0 Å². The molecule has 0 aromatic heterocycles. The lowest BCUT2D eigenvalue weighted by molar-refractivity contribution is -0.129. The van der Waals surface area contributed by atoms with Crippen LogP contribution < -0.4 is 0 Å². The molecule has 0 heterocycles. The van der Waals surface area contributed by atoms with Gasteiger partial charge in [-0.05, 0) is 30.5 Å². The minimum Gasteiger partial charge on any atom is -0.297 e. The molecule has 1 aromatic rings. The molecule has 100 valence electrons. The minimum atomic E-state index is -0.638. The molecule has 1 fully saturated rings. The molecule has 1 aliphatic carbocycles. The first-order valence-corrected chi connectivity index (χ1v) is 7.55. The second-order valence-electron chi connectivity index (χ2n) is 5.60. The van der Waals surface area contributed by atoms with Crippen LogP contribution in [0.5, 0.6) is 0 Å². The Balaban J connectivity index is 2.27. The minimum absolute atomic E-state index is 0.0906. The Morgan fingerprint density at radius 2 is 2.05 bits per heavy atom. The molecule has 19 heavy (non-hydrogen) atoms. The van der Waals surface area contributed by atoms with Crippen LogP contribution in [0.3, 0.4) is 0 Å². The van der Waals surface area contributed by atoms with Crippen molar-refractivity contribution in [1.82, 2.24) is 0 Å². The van der Waals surface area contributed by atoms with E-state index in [1.54, 1.807) is 0 Å². The number of halogens is 1. The summed E-state index contributed by atoms with van der Waals surface area (Å²) < 4.78 is 0.909. The van der Waals surface area contributed by atoms with Crippen LogP contribution in [0, 0.1) is 16.7 Å². The lowest BCUT2D eigenvalue weighted by Gasteiger charge is -2.33. The van der Waals surface area contributed by atoms with Crippen LogP contribution >= 0.6 is 15.9 Å². The van der Waals surface area contributed by atoms with E-state index in [1.165, 1.54) is 6.42 Å². The van der Waals surface area contributed by atoms with Crippen molar-refractivity contribution in [2.24, 2.45) is 5.41 Å². The van der Waals surface area contributed by atoms with Gasteiger partial charge in [-0.2, -0.15) is 5.26 Å². The van der Waals surface area contributed by atoms with Crippen LogP contribution in [0.1, 0.15) is 50.5 Å². The van der Waals surface area contributed by atoms with Gasteiger partial charge in [0.2, 0.25) is 0 Å². The fourth-order valence-corrected chi connectivity index (χ4v) is 3.31. The van der Waals surface area contributed by atoms with E-state index in [1.807, 2.05) is 31.2 Å². The number of hydrogen-bond donors (Lipinski definition) is 0. The number of carbonyl (C=O) groups is 1. The normalized spacial score (nSPS) is 19.4. The first-order valence-electron chi connectivity index (χ1n) is 6.76. The van der Waals surface area contributed by atoms with Gasteiger partial charge in [-0.3, -0.25) is 4.79 Å². The summed E-state index contributed by atoms with van der Waals surface area (Å²) in [6.07, 6.45) is 5.23. The predicted molar refractivity (Wildman–Crippen MR) is 78.7 cm³/mol. The number of nitrogens with zero attached hydrogens (tertiary/aromatic N) is 1. The van der Waals surface area contributed by atoms with Crippen LogP contribution in [0.4, 0.5) is 0 Å². The Kier molecular flexibility index (Phi) is 4.42. The molecule has 1 saturated carbocycles. The van der Waals surface area contributed by atoms with Gasteiger partial charge in [0.15, 0.2) is 5.78 Å². The summed E-state index contributed by atoms with van der Waals surface area (Å²) in [5, 5.41) is 9.40. The first-order chi connectivity index (χ1) is 9.07. The smallest absolute Gasteiger partial charge is 0.160 e. The zero-order chi connectivity index (χ0) is 13.9. The summed E-state index contributed by atoms with van der Waals surface area (Å²) in [6, 6.07) is 9.72. The Bertz CT molecular complexity index is 512. The molecular formula is C16H18BrNO. The summed E-state index contributed by atoms with van der Waals surface area (Å²) in [5.74, 6) is -0.548. The molecule has 0 bridgehead atoms. The molecule has 0 N–H and O–H groups in total. The van der Waals surface area contributed by atoms with Crippen LogP contribution in [-0.2, 0) is 4.79 Å². The maximum Gasteiger partial charge on any atom is 0.160 e. The zero-order valence-corrected chi connectivity index (χ0v) is 12.7. The average molecular weight is 320 g/mol. The molecule has 2 nitrogen and oxygen atoms in total. The third kappa shape index (κ3) is 3.06. The standard InChI is InChI=1S/C16H18BrNO/c1-16(8-3-2-4-9-16)15(19)14(11-18)12-6-5-7-13(17)10-12/h5-7,10,14H,2-4,8-9H2,1H3. The van der Waals surface area contributed by atoms with Crippen molar-refractivity contribution in [2.45, 2.75) is 44.9 Å². The van der Waals surface area contributed by atoms with Crippen molar-refractivity contribution in [2.75, 3.05) is 0 Å². The SMILES string of the molecule is CC1(C(=O)C(C#N)c2cccc(Br)c2)CCCCC1. The van der Waals surface area contributed by atoms with Crippen molar-refractivity contribution in [1.29, 1.82) is 5.26 Å². The van der Waals surface area contributed by atoms with Gasteiger partial charge >= 0.3 is 0 Å². The summed E-state index contributed by atoms with van der Waals surface area (Å²) in [7, 11) is 0. The summed E-state index contributed by atoms with van der Waals surface area (Å²) >= 11 is 3.40. The second kappa shape index (κ2) is 5.88. The highest BCUT2D eigenvalue weighted by atomic mass is 79.9. The Morgan fingerprint density at radius 1 is 1.37 bits per heavy atom. The van der Waals surface area contributed by atoms with Crippen molar-refractivity contribution >= 4 is 21.7 Å². The summed E-state index contributed by atoms with van der Waals surface area (Å²) in [5.41, 5.74) is 0.481. The first kappa shape index (κ1) is 14.3. The Morgan fingerprint density at radius 3 is 2.63 bits per heavy atom. The van der Waals surface area contributed by atoms with Gasteiger partial charge in [0.25, 0.3) is 0 Å². The molecule has 3 heteroatoms. The molecule has 0 spiro atoms. The molecule has 0 radical (unpaired) electrons. The van der Waals surface area contributed by atoms with E-state index in [2.05, 4.69) is 22.0 Å². The maximum absolute atomic E-state index is 12.7. The van der Waals surface area contributed by atoms with E-state index < -0.39 is 5.92 Å². The number of rotatable bonds is 3. The van der Waals surface area contributed by atoms with Crippen LogP contribution in [0.2, 0.25) is 0 Å². The van der Waals surface area contributed by atoms with E-state index in [0.29, 0.717) is 0 Å². The lowest BCUT2D eigenvalue weighted by atomic mass is 9.68. The second-order valence-corrected chi connectivity index (χ2v) is 6.52. The molecule has 1 aliphatic rings. The highest BCUT2D eigenvalue weighted by Crippen LogP contribution is 2.40. The molecule has 0 aliphatic heterocycles. The Labute approximate surface area is 122 Å². The molecular weight excluding hydrogens is 302 g/mol. The van der Waals surface area contributed by atoms with Gasteiger partial charge in [0.05, 0.1) is 6.07 Å². The number of carbonyl (C=O) groups excluding carboxylic acids is 1. The predicted octanol–water partition coefficient (Wildman–Crippen LogP) is 4.60. The Hall–Kier alpha value is -1.14. The third-order valence-corrected chi connectivity index (χ3v) is 4.62. The van der Waals surface area contributed by atoms with Gasteiger partial charge in [0, 0.05) is 9.89 Å². The number of hydrogen-bond acceptors (Lipinski definition) is 2. The molecule has 1 unspecified atom stereocenters. The maximum atomic E-state index is 12.7. The van der Waals surface area contributed by atoms with Gasteiger partial charge in [-0.1, -0.05) is 54.2 Å². The number of ketones is 1. The number of benzene rings is 1. The summed E-state index contributed by atoms with van der Waals surface area (Å²) in [6.45, 7) is 2.02. The summed E-state index contributed by atoms with van der Waals surface area (Å²) in [4.78, 5) is 12.7. The van der Waals surface area contributed by atoms with Crippen molar-refractivity contribution in [3.63, 3.8) is 0 Å².